The first-order valence-corrected chi connectivity index (χ1v) is 5.32. The third kappa shape index (κ3) is 2.43. The number of nitrogens with two attached hydrogens (primary N) is 2. The lowest BCUT2D eigenvalue weighted by Crippen LogP contribution is -2.20. The van der Waals surface area contributed by atoms with Crippen molar-refractivity contribution < 1.29 is 0 Å². The summed E-state index contributed by atoms with van der Waals surface area (Å²) in [6.07, 6.45) is 7.88. The van der Waals surface area contributed by atoms with E-state index in [9.17, 15) is 0 Å². The Balaban J connectivity index is 2.04. The van der Waals surface area contributed by atoms with Gasteiger partial charge >= 0.3 is 0 Å². The maximum absolute atomic E-state index is 5.75. The third-order valence-electron chi connectivity index (χ3n) is 2.73. The summed E-state index contributed by atoms with van der Waals surface area (Å²) in [4.78, 5) is 0. The molecule has 1 aromatic carbocycles. The summed E-state index contributed by atoms with van der Waals surface area (Å²) in [5.74, 6) is 0. The number of hydrogen-bond acceptors (Lipinski definition) is 3. The van der Waals surface area contributed by atoms with Gasteiger partial charge in [0.25, 0.3) is 0 Å². The fourth-order valence-corrected chi connectivity index (χ4v) is 1.82. The van der Waals surface area contributed by atoms with Crippen LogP contribution < -0.4 is 16.8 Å². The van der Waals surface area contributed by atoms with Crippen molar-refractivity contribution >= 4 is 17.1 Å². The summed E-state index contributed by atoms with van der Waals surface area (Å²) in [6, 6.07) is 6.24. The topological polar surface area (TPSA) is 64.1 Å². The van der Waals surface area contributed by atoms with Gasteiger partial charge in [0.1, 0.15) is 0 Å². The Hall–Kier alpha value is -1.64. The van der Waals surface area contributed by atoms with E-state index in [1.54, 1.807) is 0 Å². The van der Waals surface area contributed by atoms with Crippen LogP contribution in [0.1, 0.15) is 19.3 Å². The van der Waals surface area contributed by atoms with E-state index < -0.39 is 0 Å². The lowest BCUT2D eigenvalue weighted by molar-refractivity contribution is 0.645. The SMILES string of the molecule is Nc1ccc(NC2CC=CCC2)cc1N. The maximum atomic E-state index is 5.75. The number of hydrogen-bond donors (Lipinski definition) is 3. The molecule has 0 aromatic heterocycles. The van der Waals surface area contributed by atoms with Gasteiger partial charge in [-0.05, 0) is 37.5 Å². The van der Waals surface area contributed by atoms with Crippen LogP contribution in [0.5, 0.6) is 0 Å². The van der Waals surface area contributed by atoms with Crippen LogP contribution in [0.3, 0.4) is 0 Å². The fraction of sp³-hybridized carbons (Fsp3) is 0.333. The second-order valence-electron chi connectivity index (χ2n) is 3.97. The molecule has 0 heterocycles. The van der Waals surface area contributed by atoms with Crippen LogP contribution in [0.25, 0.3) is 0 Å². The van der Waals surface area contributed by atoms with Crippen molar-refractivity contribution in [1.82, 2.24) is 0 Å². The fourth-order valence-electron chi connectivity index (χ4n) is 1.82. The lowest BCUT2D eigenvalue weighted by atomic mass is 10.0. The van der Waals surface area contributed by atoms with Crippen molar-refractivity contribution in [2.45, 2.75) is 25.3 Å². The molecule has 0 aliphatic heterocycles. The van der Waals surface area contributed by atoms with E-state index in [-0.39, 0.29) is 0 Å². The first kappa shape index (κ1) is 9.90. The van der Waals surface area contributed by atoms with Crippen molar-refractivity contribution in [3.05, 3.63) is 30.4 Å². The van der Waals surface area contributed by atoms with Crippen molar-refractivity contribution in [1.29, 1.82) is 0 Å². The summed E-state index contributed by atoms with van der Waals surface area (Å²) < 4.78 is 0. The van der Waals surface area contributed by atoms with Crippen LogP contribution in [0.15, 0.2) is 30.4 Å². The molecule has 0 amide bonds. The average Bonchev–Trinajstić information content (AvgIpc) is 2.25. The van der Waals surface area contributed by atoms with Gasteiger partial charge in [-0.25, -0.2) is 0 Å². The van der Waals surface area contributed by atoms with Crippen molar-refractivity contribution in [3.63, 3.8) is 0 Å². The molecule has 15 heavy (non-hydrogen) atoms. The number of allylic oxidation sites excluding steroid dienone is 1. The van der Waals surface area contributed by atoms with Gasteiger partial charge in [-0.3, -0.25) is 0 Å². The van der Waals surface area contributed by atoms with Crippen LogP contribution in [-0.4, -0.2) is 6.04 Å². The van der Waals surface area contributed by atoms with E-state index in [1.165, 1.54) is 6.42 Å². The van der Waals surface area contributed by atoms with Gasteiger partial charge in [0.2, 0.25) is 0 Å². The highest BCUT2D eigenvalue weighted by atomic mass is 14.9. The zero-order chi connectivity index (χ0) is 10.7. The van der Waals surface area contributed by atoms with Crippen molar-refractivity contribution in [2.24, 2.45) is 0 Å². The van der Waals surface area contributed by atoms with Crippen molar-refractivity contribution in [2.75, 3.05) is 16.8 Å². The van der Waals surface area contributed by atoms with Gasteiger partial charge in [-0.1, -0.05) is 12.2 Å². The van der Waals surface area contributed by atoms with E-state index in [1.807, 2.05) is 18.2 Å². The molecule has 3 nitrogen and oxygen atoms in total. The zero-order valence-corrected chi connectivity index (χ0v) is 8.74. The minimum atomic E-state index is 0.526. The molecule has 0 bridgehead atoms. The van der Waals surface area contributed by atoms with Gasteiger partial charge in [0.15, 0.2) is 0 Å². The Kier molecular flexibility index (Phi) is 2.81. The van der Waals surface area contributed by atoms with Crippen LogP contribution in [0.4, 0.5) is 17.1 Å². The normalized spacial score (nSPS) is 20.1. The summed E-state index contributed by atoms with van der Waals surface area (Å²) in [5, 5.41) is 3.46. The summed E-state index contributed by atoms with van der Waals surface area (Å²) in [7, 11) is 0. The molecule has 3 heteroatoms. The number of nitrogen functional groups attached to an aromatic ring is 2. The molecule has 0 radical (unpaired) electrons. The second-order valence-corrected chi connectivity index (χ2v) is 3.97. The molecule has 1 aliphatic carbocycles. The molecule has 1 aliphatic rings. The predicted octanol–water partition coefficient (Wildman–Crippen LogP) is 2.37. The highest BCUT2D eigenvalue weighted by Gasteiger charge is 2.09. The maximum Gasteiger partial charge on any atom is 0.0568 e. The minimum Gasteiger partial charge on any atom is -0.397 e. The Bertz CT molecular complexity index is 371. The molecule has 80 valence electrons. The molecule has 1 atom stereocenters. The Morgan fingerprint density at radius 2 is 2.00 bits per heavy atom. The van der Waals surface area contributed by atoms with Crippen LogP contribution in [0, 0.1) is 0 Å². The van der Waals surface area contributed by atoms with Crippen LogP contribution >= 0.6 is 0 Å². The standard InChI is InChI=1S/C12H17N3/c13-11-7-6-10(8-12(11)14)15-9-4-2-1-3-5-9/h1-2,6-9,15H,3-5,13-14H2. The van der Waals surface area contributed by atoms with Gasteiger partial charge in [0.05, 0.1) is 11.4 Å². The molecule has 5 N–H and O–H groups in total. The van der Waals surface area contributed by atoms with Crippen LogP contribution in [0.2, 0.25) is 0 Å². The summed E-state index contributed by atoms with van der Waals surface area (Å²) in [6.45, 7) is 0. The van der Waals surface area contributed by atoms with Gasteiger partial charge < -0.3 is 16.8 Å². The molecular formula is C12H17N3. The zero-order valence-electron chi connectivity index (χ0n) is 8.74. The molecule has 1 unspecified atom stereocenters. The molecule has 0 spiro atoms. The molecular weight excluding hydrogens is 186 g/mol. The number of benzene rings is 1. The van der Waals surface area contributed by atoms with Gasteiger partial charge in [-0.15, -0.1) is 0 Å². The monoisotopic (exact) mass is 203 g/mol. The second kappa shape index (κ2) is 4.26. The minimum absolute atomic E-state index is 0.526. The van der Waals surface area contributed by atoms with Crippen LogP contribution in [-0.2, 0) is 0 Å². The van der Waals surface area contributed by atoms with Crippen molar-refractivity contribution in [3.8, 4) is 0 Å². The van der Waals surface area contributed by atoms with E-state index >= 15 is 0 Å². The summed E-state index contributed by atoms with van der Waals surface area (Å²) >= 11 is 0. The number of nitrogens with one attached hydrogen (secondary N) is 1. The van der Waals surface area contributed by atoms with E-state index in [2.05, 4.69) is 17.5 Å². The molecule has 0 fully saturated rings. The highest BCUT2D eigenvalue weighted by Crippen LogP contribution is 2.22. The molecule has 0 saturated heterocycles. The molecule has 2 rings (SSSR count). The largest absolute Gasteiger partial charge is 0.397 e. The summed E-state index contributed by atoms with van der Waals surface area (Å²) in [5.41, 5.74) is 13.7. The Morgan fingerprint density at radius 1 is 1.13 bits per heavy atom. The van der Waals surface area contributed by atoms with Gasteiger partial charge in [0, 0.05) is 11.7 Å². The van der Waals surface area contributed by atoms with E-state index in [0.717, 1.165) is 18.5 Å². The lowest BCUT2D eigenvalue weighted by Gasteiger charge is -2.20. The third-order valence-corrected chi connectivity index (χ3v) is 2.73. The predicted molar refractivity (Wildman–Crippen MR) is 65.7 cm³/mol. The smallest absolute Gasteiger partial charge is 0.0568 e. The Labute approximate surface area is 90.2 Å². The molecule has 1 aromatic rings. The number of rotatable bonds is 2. The first-order chi connectivity index (χ1) is 7.25. The Morgan fingerprint density at radius 3 is 2.67 bits per heavy atom. The van der Waals surface area contributed by atoms with E-state index in [0.29, 0.717) is 17.4 Å². The van der Waals surface area contributed by atoms with E-state index in [4.69, 9.17) is 11.5 Å². The van der Waals surface area contributed by atoms with Gasteiger partial charge in [-0.2, -0.15) is 0 Å². The first-order valence-electron chi connectivity index (χ1n) is 5.32. The average molecular weight is 203 g/mol. The number of anilines is 3. The highest BCUT2D eigenvalue weighted by molar-refractivity contribution is 5.69. The molecule has 0 saturated carbocycles. The quantitative estimate of drug-likeness (QED) is 0.510.